The van der Waals surface area contributed by atoms with E-state index in [4.69, 9.17) is 16.3 Å². The quantitative estimate of drug-likeness (QED) is 0.301. The van der Waals surface area contributed by atoms with Crippen LogP contribution in [0.1, 0.15) is 39.6 Å². The van der Waals surface area contributed by atoms with E-state index in [1.807, 2.05) is 6.07 Å². The van der Waals surface area contributed by atoms with Crippen LogP contribution in [0, 0.1) is 24.5 Å². The van der Waals surface area contributed by atoms with Crippen LogP contribution in [-0.4, -0.2) is 61.4 Å². The molecule has 1 fully saturated rings. The molecule has 0 saturated carbocycles. The summed E-state index contributed by atoms with van der Waals surface area (Å²) in [7, 11) is 3.97. The van der Waals surface area contributed by atoms with Crippen LogP contribution >= 0.6 is 11.6 Å². The predicted molar refractivity (Wildman–Crippen MR) is 168 cm³/mol. The lowest BCUT2D eigenvalue weighted by atomic mass is 9.94. The maximum absolute atomic E-state index is 15.6. The van der Waals surface area contributed by atoms with E-state index in [9.17, 15) is 24.3 Å². The molecule has 3 heterocycles. The number of nitrogens with one attached hydrogen (secondary N) is 1. The number of carbonyl (C=O) groups excluding carboxylic acids is 1. The molecule has 1 aliphatic heterocycles. The van der Waals surface area contributed by atoms with Crippen LogP contribution in [0.2, 0.25) is 5.02 Å². The van der Waals surface area contributed by atoms with E-state index >= 15 is 8.78 Å². The highest BCUT2D eigenvalue weighted by atomic mass is 35.5. The third-order valence-electron chi connectivity index (χ3n) is 8.84. The first-order valence-electron chi connectivity index (χ1n) is 14.6. The topological polar surface area (TPSA) is 149 Å². The van der Waals surface area contributed by atoms with Gasteiger partial charge in [0.1, 0.15) is 11.6 Å². The van der Waals surface area contributed by atoms with E-state index < -0.39 is 46.4 Å². The average molecular weight is 667 g/mol. The summed E-state index contributed by atoms with van der Waals surface area (Å²) in [4.78, 5) is 55.7. The summed E-state index contributed by atoms with van der Waals surface area (Å²) in [5.74, 6) is -3.49. The molecular weight excluding hydrogens is 638 g/mol. The molecule has 15 heteroatoms. The van der Waals surface area contributed by atoms with Gasteiger partial charge < -0.3 is 15.2 Å². The van der Waals surface area contributed by atoms with E-state index in [1.54, 1.807) is 0 Å². The molecule has 0 radical (unpaired) electrons. The number of aryl methyl sites for hydroxylation is 2. The molecule has 0 bridgehead atoms. The van der Waals surface area contributed by atoms with E-state index in [-0.39, 0.29) is 33.4 Å². The minimum Gasteiger partial charge on any atom is -0.481 e. The fourth-order valence-corrected chi connectivity index (χ4v) is 6.63. The molecule has 244 valence electrons. The Labute approximate surface area is 271 Å². The van der Waals surface area contributed by atoms with Gasteiger partial charge >= 0.3 is 11.7 Å². The molecule has 47 heavy (non-hydrogen) atoms. The third kappa shape index (κ3) is 5.36. The average Bonchev–Trinajstić information content (AvgIpc) is 3.43. The number of carboxylic acid groups (broad SMARTS) is 1. The lowest BCUT2D eigenvalue weighted by Gasteiger charge is -2.41. The van der Waals surface area contributed by atoms with E-state index in [2.05, 4.69) is 20.3 Å². The molecule has 12 nitrogen and oxygen atoms in total. The summed E-state index contributed by atoms with van der Waals surface area (Å²) in [6.07, 6.45) is 1.42. The van der Waals surface area contributed by atoms with Crippen LogP contribution < -0.4 is 21.3 Å². The second-order valence-electron chi connectivity index (χ2n) is 11.6. The number of aliphatic carboxylic acids is 1. The zero-order valence-corrected chi connectivity index (χ0v) is 26.5. The SMILES string of the molecule is COc1nc(-c2ccc(F)c(-c3c(F)ccc(NC(=O)c4nn(C)c(=O)n(C)c4=O)c3C)c2Cl)cc2c1C(N1CC(C(=O)O)C1)CC2. The summed E-state index contributed by atoms with van der Waals surface area (Å²) >= 11 is 6.83. The number of halogens is 3. The Balaban J connectivity index is 1.38. The van der Waals surface area contributed by atoms with Crippen molar-refractivity contribution in [2.45, 2.75) is 25.8 Å². The molecule has 2 N–H and O–H groups in total. The minimum atomic E-state index is -0.952. The van der Waals surface area contributed by atoms with Gasteiger partial charge in [-0.3, -0.25) is 23.9 Å². The van der Waals surface area contributed by atoms with Gasteiger partial charge in [0, 0.05) is 61.2 Å². The highest BCUT2D eigenvalue weighted by Gasteiger charge is 2.41. The normalized spacial score (nSPS) is 16.1. The zero-order valence-electron chi connectivity index (χ0n) is 25.7. The lowest BCUT2D eigenvalue weighted by Crippen LogP contribution is -2.51. The summed E-state index contributed by atoms with van der Waals surface area (Å²) < 4.78 is 38.3. The molecule has 2 aromatic carbocycles. The second-order valence-corrected chi connectivity index (χ2v) is 12.0. The molecule has 4 aromatic rings. The first kappa shape index (κ1) is 32.0. The van der Waals surface area contributed by atoms with Crippen molar-refractivity contribution in [2.24, 2.45) is 20.0 Å². The van der Waals surface area contributed by atoms with Gasteiger partial charge in [0.25, 0.3) is 11.5 Å². The molecule has 1 saturated heterocycles. The van der Waals surface area contributed by atoms with Gasteiger partial charge in [-0.15, -0.1) is 0 Å². The van der Waals surface area contributed by atoms with Crippen LogP contribution in [-0.2, 0) is 25.3 Å². The summed E-state index contributed by atoms with van der Waals surface area (Å²) in [6, 6.07) is 6.66. The second kappa shape index (κ2) is 12.0. The number of pyridine rings is 1. The van der Waals surface area contributed by atoms with Gasteiger partial charge in [0.2, 0.25) is 11.6 Å². The van der Waals surface area contributed by atoms with Crippen molar-refractivity contribution in [3.63, 3.8) is 0 Å². The van der Waals surface area contributed by atoms with Crippen LogP contribution in [0.4, 0.5) is 14.5 Å². The molecule has 1 amide bonds. The summed E-state index contributed by atoms with van der Waals surface area (Å²) in [5.41, 5.74) is -0.0257. The van der Waals surface area contributed by atoms with Crippen LogP contribution in [0.25, 0.3) is 22.4 Å². The smallest absolute Gasteiger partial charge is 0.346 e. The number of carbonyl (C=O) groups is 2. The van der Waals surface area contributed by atoms with Crippen molar-refractivity contribution in [1.29, 1.82) is 0 Å². The highest BCUT2D eigenvalue weighted by Crippen LogP contribution is 2.47. The largest absolute Gasteiger partial charge is 0.481 e. The van der Waals surface area contributed by atoms with Crippen LogP contribution in [0.5, 0.6) is 5.88 Å². The number of nitrogens with zero attached hydrogens (tertiary/aromatic N) is 5. The maximum Gasteiger partial charge on any atom is 0.346 e. The van der Waals surface area contributed by atoms with Crippen molar-refractivity contribution in [2.75, 3.05) is 25.5 Å². The molecule has 1 atom stereocenters. The number of anilines is 1. The van der Waals surface area contributed by atoms with Gasteiger partial charge in [0.15, 0.2) is 0 Å². The Morgan fingerprint density at radius 3 is 2.45 bits per heavy atom. The number of fused-ring (bicyclic) bond motifs is 1. The first-order valence-corrected chi connectivity index (χ1v) is 15.0. The number of aromatic nitrogens is 4. The van der Waals surface area contributed by atoms with Crippen LogP contribution in [0.3, 0.4) is 0 Å². The highest BCUT2D eigenvalue weighted by molar-refractivity contribution is 6.36. The third-order valence-corrected chi connectivity index (χ3v) is 9.23. The standard InChI is InChI=1S/C32H29ClF2N6O6/c1-14-20(36-28(42)27-30(43)39(2)32(46)40(3)38-27)9-8-18(34)23(14)25-19(35)7-6-17(26(25)33)21-11-15-5-10-22(24(15)29(37-21)47-4)41-12-16(13-41)31(44)45/h6-9,11,16,22H,5,10,12-13H2,1-4H3,(H,36,42)(H,44,45). The predicted octanol–water partition coefficient (Wildman–Crippen LogP) is 3.71. The van der Waals surface area contributed by atoms with Crippen molar-refractivity contribution < 1.29 is 28.2 Å². The number of rotatable bonds is 7. The number of likely N-dealkylation sites (tertiary alicyclic amines) is 1. The van der Waals surface area contributed by atoms with Crippen molar-refractivity contribution in [1.82, 2.24) is 24.2 Å². The van der Waals surface area contributed by atoms with Crippen molar-refractivity contribution in [3.05, 3.63) is 90.2 Å². The molecule has 2 aromatic heterocycles. The molecule has 6 rings (SSSR count). The molecular formula is C32H29ClF2N6O6. The Morgan fingerprint density at radius 2 is 1.77 bits per heavy atom. The number of amides is 1. The Kier molecular flexibility index (Phi) is 8.18. The van der Waals surface area contributed by atoms with E-state index in [1.165, 1.54) is 40.3 Å². The number of carboxylic acids is 1. The van der Waals surface area contributed by atoms with E-state index in [0.29, 0.717) is 36.6 Å². The Bertz CT molecular complexity index is 2110. The number of ether oxygens (including phenoxy) is 1. The summed E-state index contributed by atoms with van der Waals surface area (Å²) in [6.45, 7) is 2.32. The Hall–Kier alpha value is -4.95. The fraction of sp³-hybridized carbons (Fsp3) is 0.312. The molecule has 1 aliphatic carbocycles. The van der Waals surface area contributed by atoms with Gasteiger partial charge in [-0.25, -0.2) is 23.2 Å². The molecule has 1 unspecified atom stereocenters. The monoisotopic (exact) mass is 666 g/mol. The number of benzene rings is 2. The molecule has 2 aliphatic rings. The van der Waals surface area contributed by atoms with Gasteiger partial charge in [-0.1, -0.05) is 11.6 Å². The maximum atomic E-state index is 15.6. The van der Waals surface area contributed by atoms with E-state index in [0.717, 1.165) is 38.9 Å². The zero-order chi connectivity index (χ0) is 33.9. The number of hydrogen-bond acceptors (Lipinski definition) is 8. The Morgan fingerprint density at radius 1 is 1.09 bits per heavy atom. The number of hydrogen-bond donors (Lipinski definition) is 2. The molecule has 0 spiro atoms. The number of methoxy groups -OCH3 is 1. The van der Waals surface area contributed by atoms with Gasteiger partial charge in [-0.2, -0.15) is 5.10 Å². The first-order chi connectivity index (χ1) is 22.3. The minimum absolute atomic E-state index is 0.0535. The van der Waals surface area contributed by atoms with Gasteiger partial charge in [0.05, 0.1) is 23.7 Å². The lowest BCUT2D eigenvalue weighted by molar-refractivity contribution is -0.148. The van der Waals surface area contributed by atoms with Gasteiger partial charge in [-0.05, 0) is 61.2 Å². The van der Waals surface area contributed by atoms with Crippen LogP contribution in [0.15, 0.2) is 39.9 Å². The van der Waals surface area contributed by atoms with Crippen molar-refractivity contribution >= 4 is 29.2 Å². The summed E-state index contributed by atoms with van der Waals surface area (Å²) in [5, 5.41) is 15.5. The fourth-order valence-electron chi connectivity index (χ4n) is 6.29. The van der Waals surface area contributed by atoms with Crippen molar-refractivity contribution in [3.8, 4) is 28.3 Å².